The third kappa shape index (κ3) is 6.93. The molecule has 0 aromatic heterocycles. The van der Waals surface area contributed by atoms with Crippen LogP contribution in [0.4, 0.5) is 0 Å². The van der Waals surface area contributed by atoms with Crippen LogP contribution in [0.3, 0.4) is 0 Å². The van der Waals surface area contributed by atoms with Crippen molar-refractivity contribution in [2.24, 2.45) is 11.1 Å². The Morgan fingerprint density at radius 1 is 1.22 bits per heavy atom. The molecule has 4 N–H and O–H groups in total. The number of hydrogen-bond donors (Lipinski definition) is 3. The Morgan fingerprint density at radius 2 is 1.67 bits per heavy atom. The summed E-state index contributed by atoms with van der Waals surface area (Å²) < 4.78 is 24.7. The average Bonchev–Trinajstić information content (AvgIpc) is 2.07. The molecule has 1 atom stereocenters. The molecule has 0 aliphatic carbocycles. The highest BCUT2D eigenvalue weighted by atomic mass is 32.2. The monoisotopic (exact) mass is 279 g/mol. The summed E-state index contributed by atoms with van der Waals surface area (Å²) in [5.41, 5.74) is 4.72. The maximum atomic E-state index is 11.8. The minimum atomic E-state index is -3.31. The fraction of sp³-hybridized carbons (Fsp3) is 0.909. The van der Waals surface area contributed by atoms with E-state index in [4.69, 9.17) is 5.73 Å². The maximum Gasteiger partial charge on any atom is 0.237 e. The molecular weight excluding hydrogens is 254 g/mol. The molecule has 0 heterocycles. The van der Waals surface area contributed by atoms with Gasteiger partial charge in [0.2, 0.25) is 15.9 Å². The van der Waals surface area contributed by atoms with Gasteiger partial charge in [-0.25, -0.2) is 13.1 Å². The number of nitrogens with two attached hydrogens (primary N) is 1. The standard InChI is InChI=1S/C11H25N3O3S/c1-10(2,3)8(12)9(15)13-7-11(4,5)14-18(6,16)17/h8,14H,7,12H2,1-6H3,(H,13,15). The van der Waals surface area contributed by atoms with Gasteiger partial charge in [-0.1, -0.05) is 20.8 Å². The van der Waals surface area contributed by atoms with Gasteiger partial charge in [0.1, 0.15) is 0 Å². The van der Waals surface area contributed by atoms with Gasteiger partial charge in [0.25, 0.3) is 0 Å². The van der Waals surface area contributed by atoms with Gasteiger partial charge in [0.05, 0.1) is 12.3 Å². The lowest BCUT2D eigenvalue weighted by Gasteiger charge is -2.29. The number of nitrogens with one attached hydrogen (secondary N) is 2. The zero-order chi connectivity index (χ0) is 14.8. The van der Waals surface area contributed by atoms with E-state index >= 15 is 0 Å². The van der Waals surface area contributed by atoms with Gasteiger partial charge in [-0.3, -0.25) is 4.79 Å². The van der Waals surface area contributed by atoms with Crippen LogP contribution in [-0.4, -0.2) is 38.7 Å². The minimum Gasteiger partial charge on any atom is -0.353 e. The zero-order valence-corrected chi connectivity index (χ0v) is 12.8. The van der Waals surface area contributed by atoms with Crippen molar-refractivity contribution in [3.63, 3.8) is 0 Å². The Hall–Kier alpha value is -0.660. The van der Waals surface area contributed by atoms with E-state index in [0.717, 1.165) is 6.26 Å². The van der Waals surface area contributed by atoms with Crippen LogP contribution in [0.5, 0.6) is 0 Å². The Kier molecular flexibility index (Phi) is 5.34. The third-order valence-corrected chi connectivity index (χ3v) is 3.31. The molecule has 0 rings (SSSR count). The van der Waals surface area contributed by atoms with Gasteiger partial charge in [-0.2, -0.15) is 0 Å². The number of sulfonamides is 1. The van der Waals surface area contributed by atoms with E-state index in [-0.39, 0.29) is 17.9 Å². The van der Waals surface area contributed by atoms with Crippen molar-refractivity contribution in [1.82, 2.24) is 10.0 Å². The summed E-state index contributed by atoms with van der Waals surface area (Å²) in [4.78, 5) is 11.8. The lowest BCUT2D eigenvalue weighted by Crippen LogP contribution is -2.55. The summed E-state index contributed by atoms with van der Waals surface area (Å²) >= 11 is 0. The second-order valence-corrected chi connectivity index (χ2v) is 8.07. The number of carbonyl (C=O) groups is 1. The van der Waals surface area contributed by atoms with Crippen molar-refractivity contribution >= 4 is 15.9 Å². The number of rotatable bonds is 5. The Morgan fingerprint density at radius 3 is 2.00 bits per heavy atom. The molecule has 0 aliphatic rings. The molecule has 0 saturated heterocycles. The molecule has 7 heteroatoms. The highest BCUT2D eigenvalue weighted by Crippen LogP contribution is 2.17. The van der Waals surface area contributed by atoms with Gasteiger partial charge < -0.3 is 11.1 Å². The predicted molar refractivity (Wildman–Crippen MR) is 72.5 cm³/mol. The van der Waals surface area contributed by atoms with Gasteiger partial charge in [-0.05, 0) is 19.3 Å². The summed E-state index contributed by atoms with van der Waals surface area (Å²) in [6.45, 7) is 9.18. The Balaban J connectivity index is 4.46. The van der Waals surface area contributed by atoms with Crippen LogP contribution in [0.15, 0.2) is 0 Å². The predicted octanol–water partition coefficient (Wildman–Crippen LogP) is -0.196. The van der Waals surface area contributed by atoms with Crippen molar-refractivity contribution in [2.45, 2.75) is 46.2 Å². The van der Waals surface area contributed by atoms with Crippen LogP contribution in [0.1, 0.15) is 34.6 Å². The summed E-state index contributed by atoms with van der Waals surface area (Å²) in [6.07, 6.45) is 1.08. The second kappa shape index (κ2) is 5.54. The molecule has 0 aromatic rings. The normalized spacial score (nSPS) is 15.3. The molecule has 0 saturated carbocycles. The molecule has 0 radical (unpaired) electrons. The summed E-state index contributed by atoms with van der Waals surface area (Å²) in [5, 5.41) is 2.66. The lowest BCUT2D eigenvalue weighted by atomic mass is 9.87. The number of amides is 1. The van der Waals surface area contributed by atoms with E-state index in [9.17, 15) is 13.2 Å². The van der Waals surface area contributed by atoms with Crippen LogP contribution < -0.4 is 15.8 Å². The van der Waals surface area contributed by atoms with Crippen LogP contribution in [0.25, 0.3) is 0 Å². The molecule has 0 fully saturated rings. The zero-order valence-electron chi connectivity index (χ0n) is 12.0. The van der Waals surface area contributed by atoms with Gasteiger partial charge in [-0.15, -0.1) is 0 Å². The quantitative estimate of drug-likeness (QED) is 0.649. The Bertz CT molecular complexity index is 396. The van der Waals surface area contributed by atoms with E-state index in [1.54, 1.807) is 13.8 Å². The highest BCUT2D eigenvalue weighted by molar-refractivity contribution is 7.88. The first-order chi connectivity index (χ1) is 7.75. The van der Waals surface area contributed by atoms with E-state index in [0.29, 0.717) is 0 Å². The van der Waals surface area contributed by atoms with Crippen molar-refractivity contribution in [1.29, 1.82) is 0 Å². The fourth-order valence-electron chi connectivity index (χ4n) is 1.35. The number of carbonyl (C=O) groups excluding carboxylic acids is 1. The minimum absolute atomic E-state index is 0.183. The van der Waals surface area contributed by atoms with E-state index in [2.05, 4.69) is 10.0 Å². The van der Waals surface area contributed by atoms with Crippen molar-refractivity contribution in [3.8, 4) is 0 Å². The van der Waals surface area contributed by atoms with Crippen LogP contribution in [0.2, 0.25) is 0 Å². The molecule has 18 heavy (non-hydrogen) atoms. The fourth-order valence-corrected chi connectivity index (χ4v) is 2.43. The summed E-state index contributed by atoms with van der Waals surface area (Å²) in [5.74, 6) is -0.286. The van der Waals surface area contributed by atoms with Crippen molar-refractivity contribution in [3.05, 3.63) is 0 Å². The van der Waals surface area contributed by atoms with Gasteiger partial charge in [0.15, 0.2) is 0 Å². The van der Waals surface area contributed by atoms with E-state index in [1.165, 1.54) is 0 Å². The lowest BCUT2D eigenvalue weighted by molar-refractivity contribution is -0.124. The van der Waals surface area contributed by atoms with Crippen LogP contribution >= 0.6 is 0 Å². The highest BCUT2D eigenvalue weighted by Gasteiger charge is 2.29. The van der Waals surface area contributed by atoms with Crippen molar-refractivity contribution in [2.75, 3.05) is 12.8 Å². The molecule has 0 aliphatic heterocycles. The van der Waals surface area contributed by atoms with Crippen molar-refractivity contribution < 1.29 is 13.2 Å². The summed E-state index contributed by atoms with van der Waals surface area (Å²) in [7, 11) is -3.31. The first kappa shape index (κ1) is 17.3. The molecule has 6 nitrogen and oxygen atoms in total. The molecule has 0 spiro atoms. The second-order valence-electron chi connectivity index (χ2n) is 6.32. The van der Waals surface area contributed by atoms with E-state index < -0.39 is 21.6 Å². The SMILES string of the molecule is CC(C)(CNC(=O)C(N)C(C)(C)C)NS(C)(=O)=O. The average molecular weight is 279 g/mol. The topological polar surface area (TPSA) is 101 Å². The molecule has 0 aromatic carbocycles. The number of hydrogen-bond acceptors (Lipinski definition) is 4. The maximum absolute atomic E-state index is 11.8. The molecule has 108 valence electrons. The molecule has 0 bridgehead atoms. The largest absolute Gasteiger partial charge is 0.353 e. The van der Waals surface area contributed by atoms with Gasteiger partial charge >= 0.3 is 0 Å². The van der Waals surface area contributed by atoms with Crippen LogP contribution in [0, 0.1) is 5.41 Å². The Labute approximate surface area is 110 Å². The van der Waals surface area contributed by atoms with E-state index in [1.807, 2.05) is 20.8 Å². The first-order valence-electron chi connectivity index (χ1n) is 5.77. The third-order valence-electron chi connectivity index (χ3n) is 2.38. The first-order valence-corrected chi connectivity index (χ1v) is 7.66. The summed E-state index contributed by atoms with van der Waals surface area (Å²) in [6, 6.07) is -0.633. The van der Waals surface area contributed by atoms with Gasteiger partial charge in [0, 0.05) is 12.1 Å². The van der Waals surface area contributed by atoms with Crippen LogP contribution in [-0.2, 0) is 14.8 Å². The molecule has 1 unspecified atom stereocenters. The smallest absolute Gasteiger partial charge is 0.237 e. The molecular formula is C11H25N3O3S. The molecule has 1 amide bonds.